The summed E-state index contributed by atoms with van der Waals surface area (Å²) in [6.45, 7) is 9.75. The van der Waals surface area contributed by atoms with E-state index in [0.717, 1.165) is 31.4 Å². The van der Waals surface area contributed by atoms with Gasteiger partial charge in [-0.2, -0.15) is 0 Å². The second-order valence-corrected chi connectivity index (χ2v) is 6.61. The molecule has 0 unspecified atom stereocenters. The number of hydrogen-bond donors (Lipinski definition) is 1. The van der Waals surface area contributed by atoms with Gasteiger partial charge in [0, 0.05) is 31.0 Å². The minimum Gasteiger partial charge on any atom is -0.369 e. The van der Waals surface area contributed by atoms with Crippen LogP contribution in [0, 0.1) is 5.92 Å². The second kappa shape index (κ2) is 8.38. The van der Waals surface area contributed by atoms with Crippen LogP contribution < -0.4 is 10.2 Å². The van der Waals surface area contributed by atoms with E-state index in [-0.39, 0.29) is 0 Å². The predicted molar refractivity (Wildman–Crippen MR) is 90.7 cm³/mol. The number of pyridine rings is 1. The lowest BCUT2D eigenvalue weighted by Crippen LogP contribution is -2.36. The summed E-state index contributed by atoms with van der Waals surface area (Å²) in [5.41, 5.74) is 2.50. The predicted octanol–water partition coefficient (Wildman–Crippen LogP) is 3.99. The van der Waals surface area contributed by atoms with Crippen LogP contribution >= 0.6 is 0 Å². The molecule has 1 aromatic rings. The Labute approximate surface area is 130 Å². The zero-order chi connectivity index (χ0) is 15.1. The van der Waals surface area contributed by atoms with Crippen LogP contribution in [-0.4, -0.2) is 24.1 Å². The lowest BCUT2D eigenvalue weighted by molar-refractivity contribution is 0.418. The smallest absolute Gasteiger partial charge is 0.0562 e. The van der Waals surface area contributed by atoms with Gasteiger partial charge in [0.05, 0.1) is 5.69 Å². The Balaban J connectivity index is 2.00. The van der Waals surface area contributed by atoms with Crippen molar-refractivity contribution in [2.45, 2.75) is 65.5 Å². The fourth-order valence-corrected chi connectivity index (χ4v) is 3.27. The van der Waals surface area contributed by atoms with E-state index in [1.807, 2.05) is 6.20 Å². The summed E-state index contributed by atoms with van der Waals surface area (Å²) in [6.07, 6.45) is 8.83. The highest BCUT2D eigenvalue weighted by molar-refractivity contribution is 5.47. The Hall–Kier alpha value is -1.09. The average Bonchev–Trinajstić information content (AvgIpc) is 2.49. The van der Waals surface area contributed by atoms with Crippen molar-refractivity contribution in [1.29, 1.82) is 0 Å². The fourth-order valence-electron chi connectivity index (χ4n) is 3.27. The molecule has 1 aliphatic rings. The third-order valence-electron chi connectivity index (χ3n) is 4.35. The number of rotatable bonds is 7. The van der Waals surface area contributed by atoms with Crippen molar-refractivity contribution in [3.63, 3.8) is 0 Å². The molecule has 2 rings (SSSR count). The first-order valence-corrected chi connectivity index (χ1v) is 8.63. The highest BCUT2D eigenvalue weighted by Gasteiger charge is 2.20. The molecule has 3 nitrogen and oxygen atoms in total. The molecule has 0 saturated heterocycles. The average molecular weight is 289 g/mol. The van der Waals surface area contributed by atoms with Gasteiger partial charge in [-0.1, -0.05) is 33.1 Å². The maximum absolute atomic E-state index is 4.51. The van der Waals surface area contributed by atoms with Crippen molar-refractivity contribution in [1.82, 2.24) is 10.3 Å². The SMILES string of the molecule is CCN(c1ccnc(CNCC(C)C)c1)C1CCCCC1. The number of hydrogen-bond acceptors (Lipinski definition) is 3. The van der Waals surface area contributed by atoms with Gasteiger partial charge in [0.2, 0.25) is 0 Å². The van der Waals surface area contributed by atoms with Gasteiger partial charge in [-0.3, -0.25) is 4.98 Å². The van der Waals surface area contributed by atoms with E-state index < -0.39 is 0 Å². The first-order chi connectivity index (χ1) is 10.2. The van der Waals surface area contributed by atoms with Crippen molar-refractivity contribution in [2.24, 2.45) is 5.92 Å². The molecule has 1 heterocycles. The summed E-state index contributed by atoms with van der Waals surface area (Å²) >= 11 is 0. The molecule has 0 bridgehead atoms. The molecule has 21 heavy (non-hydrogen) atoms. The van der Waals surface area contributed by atoms with Gasteiger partial charge in [-0.15, -0.1) is 0 Å². The van der Waals surface area contributed by atoms with Gasteiger partial charge in [0.25, 0.3) is 0 Å². The standard InChI is InChI=1S/C18H31N3/c1-4-21(17-8-6-5-7-9-17)18-10-11-20-16(12-18)14-19-13-15(2)3/h10-12,15,17,19H,4-9,13-14H2,1-3H3. The summed E-state index contributed by atoms with van der Waals surface area (Å²) in [5, 5.41) is 3.48. The Morgan fingerprint density at radius 1 is 1.29 bits per heavy atom. The molecule has 1 aromatic heterocycles. The lowest BCUT2D eigenvalue weighted by atomic mass is 9.94. The first kappa shape index (κ1) is 16.3. The van der Waals surface area contributed by atoms with Crippen LogP contribution in [0.2, 0.25) is 0 Å². The fraction of sp³-hybridized carbons (Fsp3) is 0.722. The quantitative estimate of drug-likeness (QED) is 0.822. The molecule has 0 aromatic carbocycles. The molecule has 1 N–H and O–H groups in total. The Kier molecular flexibility index (Phi) is 6.50. The van der Waals surface area contributed by atoms with Crippen molar-refractivity contribution in [3.05, 3.63) is 24.0 Å². The normalized spacial score (nSPS) is 16.4. The summed E-state index contributed by atoms with van der Waals surface area (Å²) in [7, 11) is 0. The third-order valence-corrected chi connectivity index (χ3v) is 4.35. The van der Waals surface area contributed by atoms with Crippen LogP contribution in [0.1, 0.15) is 58.6 Å². The third kappa shape index (κ3) is 4.99. The second-order valence-electron chi connectivity index (χ2n) is 6.61. The summed E-state index contributed by atoms with van der Waals surface area (Å²) in [4.78, 5) is 7.09. The van der Waals surface area contributed by atoms with Gasteiger partial charge >= 0.3 is 0 Å². The summed E-state index contributed by atoms with van der Waals surface area (Å²) < 4.78 is 0. The van der Waals surface area contributed by atoms with Crippen LogP contribution in [-0.2, 0) is 6.54 Å². The van der Waals surface area contributed by atoms with Crippen LogP contribution in [0.4, 0.5) is 5.69 Å². The molecule has 0 amide bonds. The molecule has 3 heteroatoms. The largest absolute Gasteiger partial charge is 0.369 e. The zero-order valence-electron chi connectivity index (χ0n) is 13.9. The van der Waals surface area contributed by atoms with E-state index in [1.165, 1.54) is 37.8 Å². The van der Waals surface area contributed by atoms with E-state index in [2.05, 4.69) is 48.1 Å². The molecule has 1 aliphatic carbocycles. The van der Waals surface area contributed by atoms with Crippen molar-refractivity contribution in [2.75, 3.05) is 18.0 Å². The van der Waals surface area contributed by atoms with E-state index in [0.29, 0.717) is 5.92 Å². The molecule has 1 fully saturated rings. The maximum atomic E-state index is 4.51. The minimum absolute atomic E-state index is 0.683. The molecule has 0 atom stereocenters. The van der Waals surface area contributed by atoms with Gasteiger partial charge in [-0.25, -0.2) is 0 Å². The van der Waals surface area contributed by atoms with Crippen LogP contribution in [0.25, 0.3) is 0 Å². The topological polar surface area (TPSA) is 28.2 Å². The molecular formula is C18H31N3. The lowest BCUT2D eigenvalue weighted by Gasteiger charge is -2.35. The number of nitrogens with one attached hydrogen (secondary N) is 1. The highest BCUT2D eigenvalue weighted by Crippen LogP contribution is 2.27. The molecule has 0 aliphatic heterocycles. The van der Waals surface area contributed by atoms with Crippen LogP contribution in [0.5, 0.6) is 0 Å². The maximum Gasteiger partial charge on any atom is 0.0562 e. The van der Waals surface area contributed by atoms with E-state index in [9.17, 15) is 0 Å². The monoisotopic (exact) mass is 289 g/mol. The van der Waals surface area contributed by atoms with Gasteiger partial charge in [-0.05, 0) is 44.4 Å². The van der Waals surface area contributed by atoms with Crippen molar-refractivity contribution < 1.29 is 0 Å². The van der Waals surface area contributed by atoms with Crippen LogP contribution in [0.15, 0.2) is 18.3 Å². The van der Waals surface area contributed by atoms with Gasteiger partial charge < -0.3 is 10.2 Å². The number of anilines is 1. The molecule has 0 spiro atoms. The van der Waals surface area contributed by atoms with Gasteiger partial charge in [0.1, 0.15) is 0 Å². The van der Waals surface area contributed by atoms with Crippen molar-refractivity contribution in [3.8, 4) is 0 Å². The highest BCUT2D eigenvalue weighted by atomic mass is 15.2. The number of nitrogens with zero attached hydrogens (tertiary/aromatic N) is 2. The Morgan fingerprint density at radius 2 is 2.05 bits per heavy atom. The minimum atomic E-state index is 0.683. The number of aromatic nitrogens is 1. The molecule has 0 radical (unpaired) electrons. The molecule has 1 saturated carbocycles. The Morgan fingerprint density at radius 3 is 2.71 bits per heavy atom. The summed E-state index contributed by atoms with van der Waals surface area (Å²) in [5.74, 6) is 0.683. The zero-order valence-corrected chi connectivity index (χ0v) is 13.9. The molecular weight excluding hydrogens is 258 g/mol. The van der Waals surface area contributed by atoms with Gasteiger partial charge in [0.15, 0.2) is 0 Å². The van der Waals surface area contributed by atoms with E-state index >= 15 is 0 Å². The van der Waals surface area contributed by atoms with Crippen LogP contribution in [0.3, 0.4) is 0 Å². The van der Waals surface area contributed by atoms with E-state index in [4.69, 9.17) is 0 Å². The first-order valence-electron chi connectivity index (χ1n) is 8.63. The Bertz CT molecular complexity index is 411. The summed E-state index contributed by atoms with van der Waals surface area (Å²) in [6, 6.07) is 5.16. The molecule has 118 valence electrons. The van der Waals surface area contributed by atoms with Crippen molar-refractivity contribution >= 4 is 5.69 Å². The van der Waals surface area contributed by atoms with E-state index in [1.54, 1.807) is 0 Å².